The number of pyridine rings is 1. The number of rotatable bonds is 3. The molecule has 0 spiro atoms. The molecule has 3 rings (SSSR count). The molecular weight excluding hydrogens is 305 g/mol. The Morgan fingerprint density at radius 2 is 2.00 bits per heavy atom. The van der Waals surface area contributed by atoms with Gasteiger partial charge >= 0.3 is 0 Å². The molecule has 0 aliphatic carbocycles. The molecule has 0 bridgehead atoms. The lowest BCUT2D eigenvalue weighted by Gasteiger charge is -2.11. The van der Waals surface area contributed by atoms with Gasteiger partial charge in [-0.15, -0.1) is 11.6 Å². The molecule has 1 atom stereocenters. The number of fused-ring (bicyclic) bond motifs is 1. The van der Waals surface area contributed by atoms with E-state index in [4.69, 9.17) is 23.2 Å². The third-order valence-electron chi connectivity index (χ3n) is 3.51. The highest BCUT2D eigenvalue weighted by Gasteiger charge is 2.17. The molecule has 2 aromatic heterocycles. The minimum Gasteiger partial charge on any atom is -0.307 e. The topological polar surface area (TPSA) is 30.7 Å². The van der Waals surface area contributed by atoms with E-state index in [2.05, 4.69) is 9.97 Å². The molecule has 1 aromatic carbocycles. The van der Waals surface area contributed by atoms with Crippen LogP contribution in [0.3, 0.4) is 0 Å². The van der Waals surface area contributed by atoms with Gasteiger partial charge in [-0.1, -0.05) is 29.8 Å². The van der Waals surface area contributed by atoms with Gasteiger partial charge in [0.2, 0.25) is 0 Å². The normalized spacial score (nSPS) is 12.8. The zero-order valence-electron chi connectivity index (χ0n) is 11.8. The Morgan fingerprint density at radius 1 is 1.24 bits per heavy atom. The Bertz CT molecular complexity index is 793. The molecule has 21 heavy (non-hydrogen) atoms. The number of aryl methyl sites for hydroxylation is 1. The monoisotopic (exact) mass is 319 g/mol. The predicted molar refractivity (Wildman–Crippen MR) is 87.1 cm³/mol. The standard InChI is InChI=1S/C16H15Cl2N3/c1-10-7-8-19-16-14(10)20-15(11(2)17)21(16)9-12-5-3-4-6-13(12)18/h3-8,11H,9H2,1-2H3. The predicted octanol–water partition coefficient (Wildman–Crippen LogP) is 4.74. The summed E-state index contributed by atoms with van der Waals surface area (Å²) >= 11 is 12.6. The molecule has 0 fully saturated rings. The number of hydrogen-bond donors (Lipinski definition) is 0. The van der Waals surface area contributed by atoms with Crippen LogP contribution in [-0.4, -0.2) is 14.5 Å². The summed E-state index contributed by atoms with van der Waals surface area (Å²) in [6.07, 6.45) is 1.80. The van der Waals surface area contributed by atoms with Crippen molar-refractivity contribution in [3.63, 3.8) is 0 Å². The van der Waals surface area contributed by atoms with Gasteiger partial charge < -0.3 is 4.57 Å². The number of aromatic nitrogens is 3. The molecule has 3 aromatic rings. The van der Waals surface area contributed by atoms with Gasteiger partial charge in [-0.05, 0) is 37.1 Å². The van der Waals surface area contributed by atoms with Gasteiger partial charge in [-0.2, -0.15) is 0 Å². The summed E-state index contributed by atoms with van der Waals surface area (Å²) in [4.78, 5) is 9.13. The quantitative estimate of drug-likeness (QED) is 0.653. The Hall–Kier alpha value is -1.58. The van der Waals surface area contributed by atoms with Crippen molar-refractivity contribution < 1.29 is 0 Å². The summed E-state index contributed by atoms with van der Waals surface area (Å²) in [5.41, 5.74) is 3.86. The number of benzene rings is 1. The summed E-state index contributed by atoms with van der Waals surface area (Å²) in [7, 11) is 0. The van der Waals surface area contributed by atoms with Crippen LogP contribution in [0.2, 0.25) is 5.02 Å². The Labute approximate surface area is 133 Å². The number of imidazole rings is 1. The van der Waals surface area contributed by atoms with E-state index in [0.717, 1.165) is 33.1 Å². The van der Waals surface area contributed by atoms with Crippen LogP contribution in [0.15, 0.2) is 36.5 Å². The van der Waals surface area contributed by atoms with E-state index in [1.807, 2.05) is 48.7 Å². The summed E-state index contributed by atoms with van der Waals surface area (Å²) in [5.74, 6) is 0.813. The van der Waals surface area contributed by atoms with E-state index in [0.29, 0.717) is 6.54 Å². The molecule has 0 saturated carbocycles. The fraction of sp³-hybridized carbons (Fsp3) is 0.250. The van der Waals surface area contributed by atoms with Gasteiger partial charge in [0.15, 0.2) is 5.65 Å². The third kappa shape index (κ3) is 2.63. The second-order valence-corrected chi connectivity index (χ2v) is 6.13. The van der Waals surface area contributed by atoms with Crippen molar-refractivity contribution in [1.82, 2.24) is 14.5 Å². The highest BCUT2D eigenvalue weighted by Crippen LogP contribution is 2.27. The molecule has 2 heterocycles. The fourth-order valence-corrected chi connectivity index (χ4v) is 2.77. The number of halogens is 2. The van der Waals surface area contributed by atoms with Crippen LogP contribution in [0.1, 0.15) is 29.3 Å². The number of nitrogens with zero attached hydrogens (tertiary/aromatic N) is 3. The van der Waals surface area contributed by atoms with Crippen LogP contribution in [-0.2, 0) is 6.54 Å². The van der Waals surface area contributed by atoms with Crippen molar-refractivity contribution >= 4 is 34.4 Å². The van der Waals surface area contributed by atoms with E-state index in [1.54, 1.807) is 6.20 Å². The third-order valence-corrected chi connectivity index (χ3v) is 4.07. The van der Waals surface area contributed by atoms with E-state index < -0.39 is 0 Å². The average Bonchev–Trinajstić information content (AvgIpc) is 2.82. The van der Waals surface area contributed by atoms with Gasteiger partial charge in [-0.3, -0.25) is 0 Å². The lowest BCUT2D eigenvalue weighted by Crippen LogP contribution is -2.07. The molecule has 0 saturated heterocycles. The Morgan fingerprint density at radius 3 is 2.71 bits per heavy atom. The summed E-state index contributed by atoms with van der Waals surface area (Å²) in [6, 6.07) is 9.75. The van der Waals surface area contributed by atoms with Gasteiger partial charge in [0.1, 0.15) is 11.3 Å². The Balaban J connectivity index is 2.19. The van der Waals surface area contributed by atoms with Crippen molar-refractivity contribution in [1.29, 1.82) is 0 Å². The van der Waals surface area contributed by atoms with Crippen LogP contribution in [0, 0.1) is 6.92 Å². The molecule has 0 N–H and O–H groups in total. The largest absolute Gasteiger partial charge is 0.307 e. The summed E-state index contributed by atoms with van der Waals surface area (Å²) in [6.45, 7) is 4.56. The van der Waals surface area contributed by atoms with E-state index in [9.17, 15) is 0 Å². The first-order chi connectivity index (χ1) is 10.1. The van der Waals surface area contributed by atoms with Crippen molar-refractivity contribution in [2.75, 3.05) is 0 Å². The average molecular weight is 320 g/mol. The summed E-state index contributed by atoms with van der Waals surface area (Å²) < 4.78 is 2.04. The zero-order chi connectivity index (χ0) is 15.0. The first-order valence-electron chi connectivity index (χ1n) is 6.77. The number of alkyl halides is 1. The molecule has 0 aliphatic rings. The van der Waals surface area contributed by atoms with Crippen LogP contribution >= 0.6 is 23.2 Å². The molecule has 0 radical (unpaired) electrons. The van der Waals surface area contributed by atoms with Gasteiger partial charge in [-0.25, -0.2) is 9.97 Å². The molecule has 108 valence electrons. The first-order valence-corrected chi connectivity index (χ1v) is 7.58. The zero-order valence-corrected chi connectivity index (χ0v) is 13.4. The highest BCUT2D eigenvalue weighted by molar-refractivity contribution is 6.31. The molecule has 1 unspecified atom stereocenters. The lowest BCUT2D eigenvalue weighted by atomic mass is 10.2. The van der Waals surface area contributed by atoms with Crippen molar-refractivity contribution in [3.8, 4) is 0 Å². The molecule has 0 aliphatic heterocycles. The van der Waals surface area contributed by atoms with E-state index in [-0.39, 0.29) is 5.38 Å². The molecular formula is C16H15Cl2N3. The first kappa shape index (κ1) is 14.4. The maximum absolute atomic E-state index is 6.29. The van der Waals surface area contributed by atoms with Crippen molar-refractivity contribution in [3.05, 3.63) is 58.5 Å². The smallest absolute Gasteiger partial charge is 0.160 e. The van der Waals surface area contributed by atoms with Crippen molar-refractivity contribution in [2.45, 2.75) is 25.8 Å². The van der Waals surface area contributed by atoms with Crippen LogP contribution in [0.25, 0.3) is 11.2 Å². The van der Waals surface area contributed by atoms with E-state index >= 15 is 0 Å². The van der Waals surface area contributed by atoms with Gasteiger partial charge in [0.25, 0.3) is 0 Å². The van der Waals surface area contributed by atoms with Gasteiger partial charge in [0.05, 0.1) is 11.9 Å². The van der Waals surface area contributed by atoms with Crippen LogP contribution < -0.4 is 0 Å². The molecule has 0 amide bonds. The minimum atomic E-state index is -0.193. The van der Waals surface area contributed by atoms with Gasteiger partial charge in [0, 0.05) is 11.2 Å². The molecule has 5 heteroatoms. The SMILES string of the molecule is Cc1ccnc2c1nc(C(C)Cl)n2Cc1ccccc1Cl. The van der Waals surface area contributed by atoms with Crippen LogP contribution in [0.5, 0.6) is 0 Å². The summed E-state index contributed by atoms with van der Waals surface area (Å²) in [5, 5.41) is 0.543. The highest BCUT2D eigenvalue weighted by atomic mass is 35.5. The molecule has 3 nitrogen and oxygen atoms in total. The second kappa shape index (κ2) is 5.66. The Kier molecular flexibility index (Phi) is 3.87. The minimum absolute atomic E-state index is 0.193. The maximum Gasteiger partial charge on any atom is 0.160 e. The second-order valence-electron chi connectivity index (χ2n) is 5.06. The van der Waals surface area contributed by atoms with Crippen LogP contribution in [0.4, 0.5) is 0 Å². The number of hydrogen-bond acceptors (Lipinski definition) is 2. The fourth-order valence-electron chi connectivity index (χ4n) is 2.41. The maximum atomic E-state index is 6.29. The van der Waals surface area contributed by atoms with E-state index in [1.165, 1.54) is 0 Å². The lowest BCUT2D eigenvalue weighted by molar-refractivity contribution is 0.736. The van der Waals surface area contributed by atoms with Crippen molar-refractivity contribution in [2.24, 2.45) is 0 Å².